The lowest BCUT2D eigenvalue weighted by Gasteiger charge is -2.30. The maximum absolute atomic E-state index is 14.0. The Morgan fingerprint density at radius 2 is 1.75 bits per heavy atom. The van der Waals surface area contributed by atoms with Crippen LogP contribution in [0.25, 0.3) is 0 Å². The number of hydrogen-bond acceptors (Lipinski definition) is 8. The molecular formula is C27H17Cl2N3O6S2. The molecule has 0 spiro atoms. The number of non-ortho nitro benzene ring substituents is 1. The molecule has 1 aromatic heterocycles. The number of carbonyl (C=O) groups excluding carboxylic acids is 2. The zero-order chi connectivity index (χ0) is 28.1. The monoisotopic (exact) mass is 613 g/mol. The minimum Gasteiger partial charge on any atom is -0.489 e. The average molecular weight is 614 g/mol. The first kappa shape index (κ1) is 26.6. The summed E-state index contributed by atoms with van der Waals surface area (Å²) in [6.45, 7) is 0.0982. The highest BCUT2D eigenvalue weighted by molar-refractivity contribution is 8.00. The summed E-state index contributed by atoms with van der Waals surface area (Å²) in [7, 11) is 0. The van der Waals surface area contributed by atoms with E-state index in [4.69, 9.17) is 27.9 Å². The van der Waals surface area contributed by atoms with Crippen LogP contribution in [0.4, 0.5) is 11.4 Å². The predicted octanol–water partition coefficient (Wildman–Crippen LogP) is 6.03. The summed E-state index contributed by atoms with van der Waals surface area (Å²) in [6, 6.07) is 17.5. The number of H-pyrrole nitrogens is 1. The lowest BCUT2D eigenvalue weighted by atomic mass is 9.82. The lowest BCUT2D eigenvalue weighted by molar-refractivity contribution is -0.385. The zero-order valence-electron chi connectivity index (χ0n) is 20.2. The van der Waals surface area contributed by atoms with E-state index >= 15 is 0 Å². The number of fused-ring (bicyclic) bond motifs is 2. The van der Waals surface area contributed by atoms with Crippen LogP contribution >= 0.6 is 46.3 Å². The van der Waals surface area contributed by atoms with Crippen LogP contribution in [0.15, 0.2) is 76.6 Å². The summed E-state index contributed by atoms with van der Waals surface area (Å²) in [5.41, 5.74) is 1.25. The summed E-state index contributed by atoms with van der Waals surface area (Å²) >= 11 is 14.2. The number of thioether (sulfide) groups is 1. The minimum absolute atomic E-state index is 0.0982. The van der Waals surface area contributed by atoms with Crippen molar-refractivity contribution in [2.24, 2.45) is 5.92 Å². The van der Waals surface area contributed by atoms with Gasteiger partial charge in [0.2, 0.25) is 11.8 Å². The van der Waals surface area contributed by atoms with Crippen LogP contribution in [0.2, 0.25) is 10.0 Å². The molecule has 2 aliphatic rings. The predicted molar refractivity (Wildman–Crippen MR) is 153 cm³/mol. The molecule has 1 fully saturated rings. The number of rotatable bonds is 6. The van der Waals surface area contributed by atoms with E-state index in [1.54, 1.807) is 42.5 Å². The Bertz CT molecular complexity index is 1740. The Balaban J connectivity index is 1.48. The van der Waals surface area contributed by atoms with Gasteiger partial charge in [-0.2, -0.15) is 0 Å². The summed E-state index contributed by atoms with van der Waals surface area (Å²) in [6.07, 6.45) is 0. The van der Waals surface area contributed by atoms with Crippen molar-refractivity contribution < 1.29 is 19.2 Å². The number of anilines is 1. The van der Waals surface area contributed by atoms with Crippen molar-refractivity contribution in [3.63, 3.8) is 0 Å². The SMILES string of the molecule is O=C1[C@H]2[C@H](c3cc([N+](=O)[O-])ccc3OCc3cccc(Cl)c3)c3sc(=O)[nH]c3S[C@H]2C(=O)N1c1ccc(Cl)cc1. The molecule has 3 aromatic carbocycles. The molecule has 1 N–H and O–H groups in total. The highest BCUT2D eigenvalue weighted by Crippen LogP contribution is 2.55. The summed E-state index contributed by atoms with van der Waals surface area (Å²) in [5, 5.41) is 12.3. The van der Waals surface area contributed by atoms with E-state index in [0.29, 0.717) is 36.9 Å². The second kappa shape index (κ2) is 10.4. The van der Waals surface area contributed by atoms with Crippen LogP contribution in [0.1, 0.15) is 21.9 Å². The first-order chi connectivity index (χ1) is 19.2. The van der Waals surface area contributed by atoms with Gasteiger partial charge >= 0.3 is 4.87 Å². The average Bonchev–Trinajstić information content (AvgIpc) is 3.42. The quantitative estimate of drug-likeness (QED) is 0.160. The van der Waals surface area contributed by atoms with Gasteiger partial charge in [0.1, 0.15) is 17.6 Å². The number of thiazole rings is 1. The fourth-order valence-electron chi connectivity index (χ4n) is 5.01. The minimum atomic E-state index is -0.942. The topological polar surface area (TPSA) is 123 Å². The van der Waals surface area contributed by atoms with Crippen molar-refractivity contribution in [2.75, 3.05) is 4.90 Å². The van der Waals surface area contributed by atoms with E-state index in [2.05, 4.69) is 4.98 Å². The summed E-state index contributed by atoms with van der Waals surface area (Å²) in [4.78, 5) is 55.3. The summed E-state index contributed by atoms with van der Waals surface area (Å²) in [5.74, 6) is -2.43. The van der Waals surface area contributed by atoms with E-state index in [1.807, 2.05) is 6.07 Å². The number of imide groups is 1. The van der Waals surface area contributed by atoms with Crippen molar-refractivity contribution in [1.82, 2.24) is 4.98 Å². The van der Waals surface area contributed by atoms with Crippen LogP contribution in [-0.4, -0.2) is 27.0 Å². The Hall–Kier alpha value is -3.64. The van der Waals surface area contributed by atoms with Gasteiger partial charge in [-0.15, -0.1) is 0 Å². The molecule has 13 heteroatoms. The van der Waals surface area contributed by atoms with Gasteiger partial charge in [-0.3, -0.25) is 24.5 Å². The van der Waals surface area contributed by atoms with Gasteiger partial charge in [-0.05, 0) is 48.0 Å². The third kappa shape index (κ3) is 4.68. The van der Waals surface area contributed by atoms with E-state index in [9.17, 15) is 24.5 Å². The number of ether oxygens (including phenoxy) is 1. The molecule has 3 atom stereocenters. The number of aromatic nitrogens is 1. The normalized spacial score (nSPS) is 19.9. The number of nitrogens with one attached hydrogen (secondary N) is 1. The molecule has 3 heterocycles. The van der Waals surface area contributed by atoms with Crippen LogP contribution in [0.3, 0.4) is 0 Å². The number of benzene rings is 3. The number of aromatic amines is 1. The second-order valence-corrected chi connectivity index (χ2v) is 12.2. The molecule has 0 radical (unpaired) electrons. The van der Waals surface area contributed by atoms with E-state index in [-0.39, 0.29) is 17.2 Å². The van der Waals surface area contributed by atoms with Crippen molar-refractivity contribution in [3.05, 3.63) is 113 Å². The molecule has 0 bridgehead atoms. The fraction of sp³-hybridized carbons (Fsp3) is 0.148. The molecule has 0 aliphatic carbocycles. The van der Waals surface area contributed by atoms with Gasteiger partial charge in [-0.25, -0.2) is 4.90 Å². The number of carbonyl (C=O) groups is 2. The number of nitro groups is 1. The molecular weight excluding hydrogens is 597 g/mol. The standard InChI is InChI=1S/C27H17Cl2N3O6S2/c28-14-4-6-16(7-5-14)31-25(33)21-20(22-24(30-27(35)40-22)39-23(21)26(31)34)18-11-17(32(36)37)8-9-19(18)38-12-13-2-1-3-15(29)10-13/h1-11,20-21,23H,12H2,(H,30,35)/t20-,21-,23+/m0/s1. The highest BCUT2D eigenvalue weighted by Gasteiger charge is 2.57. The number of nitrogens with zero attached hydrogens (tertiary/aromatic N) is 2. The van der Waals surface area contributed by atoms with E-state index < -0.39 is 33.8 Å². The van der Waals surface area contributed by atoms with Gasteiger partial charge in [0.25, 0.3) is 5.69 Å². The van der Waals surface area contributed by atoms with Crippen molar-refractivity contribution in [1.29, 1.82) is 0 Å². The third-order valence-corrected chi connectivity index (χ3v) is 9.62. The van der Waals surface area contributed by atoms with E-state index in [1.165, 1.54) is 18.2 Å². The van der Waals surface area contributed by atoms with Gasteiger partial charge in [0, 0.05) is 38.5 Å². The summed E-state index contributed by atoms with van der Waals surface area (Å²) < 4.78 is 6.13. The van der Waals surface area contributed by atoms with Gasteiger partial charge in [-0.1, -0.05) is 58.4 Å². The Kier molecular flexibility index (Phi) is 6.91. The molecule has 40 heavy (non-hydrogen) atoms. The van der Waals surface area contributed by atoms with E-state index in [0.717, 1.165) is 33.6 Å². The maximum Gasteiger partial charge on any atom is 0.305 e. The number of amides is 2. The van der Waals surface area contributed by atoms with Crippen LogP contribution in [0, 0.1) is 16.0 Å². The lowest BCUT2D eigenvalue weighted by Crippen LogP contribution is -2.32. The van der Waals surface area contributed by atoms with Crippen molar-refractivity contribution in [2.45, 2.75) is 22.8 Å². The maximum atomic E-state index is 14.0. The third-order valence-electron chi connectivity index (χ3n) is 6.73. The van der Waals surface area contributed by atoms with Gasteiger partial charge in [0.15, 0.2) is 0 Å². The largest absolute Gasteiger partial charge is 0.489 e. The van der Waals surface area contributed by atoms with Gasteiger partial charge in [0.05, 0.1) is 21.6 Å². The fourth-order valence-corrected chi connectivity index (χ4v) is 7.85. The zero-order valence-corrected chi connectivity index (χ0v) is 23.4. The molecule has 6 rings (SSSR count). The van der Waals surface area contributed by atoms with Crippen LogP contribution in [-0.2, 0) is 16.2 Å². The second-order valence-electron chi connectivity index (χ2n) is 9.14. The van der Waals surface area contributed by atoms with Crippen LogP contribution < -0.4 is 14.5 Å². The molecule has 2 amide bonds. The Labute approximate surface area is 244 Å². The van der Waals surface area contributed by atoms with Crippen LogP contribution in [0.5, 0.6) is 5.75 Å². The van der Waals surface area contributed by atoms with Gasteiger partial charge < -0.3 is 9.72 Å². The molecule has 0 unspecified atom stereocenters. The van der Waals surface area contributed by atoms with Crippen molar-refractivity contribution >= 4 is 69.5 Å². The smallest absolute Gasteiger partial charge is 0.305 e. The number of hydrogen-bond donors (Lipinski definition) is 1. The molecule has 9 nitrogen and oxygen atoms in total. The molecule has 1 saturated heterocycles. The Morgan fingerprint density at radius 3 is 2.48 bits per heavy atom. The molecule has 2 aliphatic heterocycles. The number of halogens is 2. The molecule has 202 valence electrons. The first-order valence-electron chi connectivity index (χ1n) is 11.9. The highest BCUT2D eigenvalue weighted by atomic mass is 35.5. The van der Waals surface area contributed by atoms with Crippen molar-refractivity contribution in [3.8, 4) is 5.75 Å². The Morgan fingerprint density at radius 1 is 0.975 bits per heavy atom. The molecule has 4 aromatic rings. The number of nitro benzene ring substituents is 1. The first-order valence-corrected chi connectivity index (χ1v) is 14.3. The molecule has 0 saturated carbocycles.